The molecule has 0 saturated heterocycles. The second-order valence-corrected chi connectivity index (χ2v) is 8.78. The zero-order chi connectivity index (χ0) is 22.1. The Hall–Kier alpha value is -0.560. The van der Waals surface area contributed by atoms with Gasteiger partial charge in [0, 0.05) is 0 Å². The van der Waals surface area contributed by atoms with Crippen LogP contribution in [0.15, 0.2) is 23.3 Å². The second-order valence-electron chi connectivity index (χ2n) is 8.78. The van der Waals surface area contributed by atoms with E-state index in [1.807, 2.05) is 0 Å². The van der Waals surface area contributed by atoms with Gasteiger partial charge in [-0.1, -0.05) is 117 Å². The summed E-state index contributed by atoms with van der Waals surface area (Å²) in [4.78, 5) is 0. The fraction of sp³-hybridized carbons (Fsp3) is 0.857. The molecule has 0 N–H and O–H groups in total. The van der Waals surface area contributed by atoms with Crippen LogP contribution in [-0.4, -0.2) is 12.2 Å². The van der Waals surface area contributed by atoms with Crippen molar-refractivity contribution in [2.75, 3.05) is 0 Å². The molecule has 0 aliphatic rings. The lowest BCUT2D eigenvalue weighted by molar-refractivity contribution is -0.0247. The summed E-state index contributed by atoms with van der Waals surface area (Å²) in [6, 6.07) is 0. The molecule has 0 aromatic heterocycles. The van der Waals surface area contributed by atoms with Gasteiger partial charge >= 0.3 is 0 Å². The van der Waals surface area contributed by atoms with Crippen LogP contribution in [0, 0.1) is 11.8 Å². The Morgan fingerprint density at radius 2 is 0.931 bits per heavy atom. The number of rotatable bonds is 18. The van der Waals surface area contributed by atoms with Crippen molar-refractivity contribution in [3.8, 4) is 0 Å². The summed E-state index contributed by atoms with van der Waals surface area (Å²) in [5, 5.41) is 0. The first-order valence-electron chi connectivity index (χ1n) is 13.1. The molecule has 0 aliphatic carbocycles. The highest BCUT2D eigenvalue weighted by atomic mass is 16.5. The highest BCUT2D eigenvalue weighted by Crippen LogP contribution is 2.28. The summed E-state index contributed by atoms with van der Waals surface area (Å²) >= 11 is 0. The van der Waals surface area contributed by atoms with Gasteiger partial charge in [0.1, 0.15) is 0 Å². The highest BCUT2D eigenvalue weighted by Gasteiger charge is 2.25. The third-order valence-corrected chi connectivity index (χ3v) is 6.75. The predicted molar refractivity (Wildman–Crippen MR) is 133 cm³/mol. The van der Waals surface area contributed by atoms with Gasteiger partial charge in [-0.25, -0.2) is 0 Å². The Morgan fingerprint density at radius 1 is 0.586 bits per heavy atom. The molecule has 1 nitrogen and oxygen atoms in total. The maximum Gasteiger partial charge on any atom is 0.0794 e. The molecule has 2 atom stereocenters. The number of unbranched alkanes of at least 4 members (excludes halogenated alkanes) is 2. The fourth-order valence-corrected chi connectivity index (χ4v) is 4.29. The normalized spacial score (nSPS) is 15.4. The average molecular weight is 407 g/mol. The van der Waals surface area contributed by atoms with Crippen LogP contribution in [-0.2, 0) is 4.74 Å². The molecule has 2 unspecified atom stereocenters. The molecule has 0 rings (SSSR count). The molecular weight excluding hydrogens is 352 g/mol. The highest BCUT2D eigenvalue weighted by molar-refractivity contribution is 5.10. The Bertz CT molecular complexity index is 386. The molecule has 1 heteroatoms. The SMILES string of the molecule is CCCCC(=CC(OC(C=C(CC)CCCC)C(CC)CC)C(CC)CC)CC. The van der Waals surface area contributed by atoms with Gasteiger partial charge in [-0.2, -0.15) is 0 Å². The van der Waals surface area contributed by atoms with Gasteiger partial charge in [0.15, 0.2) is 0 Å². The molecule has 0 spiro atoms. The minimum Gasteiger partial charge on any atom is -0.366 e. The van der Waals surface area contributed by atoms with E-state index in [0.29, 0.717) is 11.8 Å². The van der Waals surface area contributed by atoms with Crippen LogP contribution in [0.25, 0.3) is 0 Å². The minimum absolute atomic E-state index is 0.253. The zero-order valence-electron chi connectivity index (χ0n) is 21.4. The van der Waals surface area contributed by atoms with Crippen molar-refractivity contribution in [1.29, 1.82) is 0 Å². The predicted octanol–water partition coefficient (Wildman–Crippen LogP) is 9.67. The summed E-state index contributed by atoms with van der Waals surface area (Å²) < 4.78 is 7.01. The summed E-state index contributed by atoms with van der Waals surface area (Å²) in [5.74, 6) is 1.23. The molecule has 0 aromatic rings. The van der Waals surface area contributed by atoms with Gasteiger partial charge in [0.2, 0.25) is 0 Å². The van der Waals surface area contributed by atoms with E-state index < -0.39 is 0 Å². The largest absolute Gasteiger partial charge is 0.366 e. The molecule has 0 bridgehead atoms. The van der Waals surface area contributed by atoms with E-state index in [1.165, 1.54) is 64.2 Å². The number of allylic oxidation sites excluding steroid dienone is 2. The fourth-order valence-electron chi connectivity index (χ4n) is 4.29. The number of hydrogen-bond donors (Lipinski definition) is 0. The quantitative estimate of drug-likeness (QED) is 0.206. The molecule has 0 aliphatic heterocycles. The molecule has 0 fully saturated rings. The Labute approximate surface area is 184 Å². The molecule has 0 saturated carbocycles. The maximum atomic E-state index is 7.01. The van der Waals surface area contributed by atoms with Crippen LogP contribution in [0.4, 0.5) is 0 Å². The van der Waals surface area contributed by atoms with E-state index in [0.717, 1.165) is 12.8 Å². The van der Waals surface area contributed by atoms with Crippen molar-refractivity contribution in [1.82, 2.24) is 0 Å². The topological polar surface area (TPSA) is 9.23 Å². The van der Waals surface area contributed by atoms with Crippen molar-refractivity contribution in [3.05, 3.63) is 23.3 Å². The molecule has 0 heterocycles. The van der Waals surface area contributed by atoms with Crippen LogP contribution < -0.4 is 0 Å². The van der Waals surface area contributed by atoms with Crippen molar-refractivity contribution in [3.63, 3.8) is 0 Å². The van der Waals surface area contributed by atoms with E-state index in [2.05, 4.69) is 67.5 Å². The van der Waals surface area contributed by atoms with Crippen LogP contribution in [0.2, 0.25) is 0 Å². The first-order valence-corrected chi connectivity index (χ1v) is 13.1. The summed E-state index contributed by atoms with van der Waals surface area (Å²) in [6.07, 6.45) is 20.2. The van der Waals surface area contributed by atoms with Crippen LogP contribution >= 0.6 is 0 Å². The van der Waals surface area contributed by atoms with Crippen LogP contribution in [0.1, 0.15) is 132 Å². The van der Waals surface area contributed by atoms with Gasteiger partial charge in [0.25, 0.3) is 0 Å². The smallest absolute Gasteiger partial charge is 0.0794 e. The van der Waals surface area contributed by atoms with Crippen LogP contribution in [0.5, 0.6) is 0 Å². The van der Waals surface area contributed by atoms with Crippen molar-refractivity contribution in [2.24, 2.45) is 11.8 Å². The third kappa shape index (κ3) is 11.4. The van der Waals surface area contributed by atoms with Crippen molar-refractivity contribution in [2.45, 2.75) is 145 Å². The third-order valence-electron chi connectivity index (χ3n) is 6.75. The Balaban J connectivity index is 5.82. The van der Waals surface area contributed by atoms with Gasteiger partial charge in [0.05, 0.1) is 12.2 Å². The summed E-state index contributed by atoms with van der Waals surface area (Å²) in [6.45, 7) is 18.5. The molecule has 0 radical (unpaired) electrons. The monoisotopic (exact) mass is 406 g/mol. The molecule has 0 amide bonds. The lowest BCUT2D eigenvalue weighted by Gasteiger charge is -2.32. The van der Waals surface area contributed by atoms with E-state index in [-0.39, 0.29) is 12.2 Å². The zero-order valence-corrected chi connectivity index (χ0v) is 21.4. The Kier molecular flexibility index (Phi) is 17.9. The first-order chi connectivity index (χ1) is 14.0. The van der Waals surface area contributed by atoms with Crippen LogP contribution in [0.3, 0.4) is 0 Å². The van der Waals surface area contributed by atoms with Gasteiger partial charge < -0.3 is 4.74 Å². The molecule has 172 valence electrons. The lowest BCUT2D eigenvalue weighted by Crippen LogP contribution is -2.31. The van der Waals surface area contributed by atoms with Gasteiger partial charge in [-0.15, -0.1) is 0 Å². The standard InChI is InChI=1S/C28H54O/c1-9-17-19-23(11-3)21-27(25(13-5)14-6)29-28(26(15-7)16-8)22-24(12-4)20-18-10-2/h21-22,25-28H,9-20H2,1-8H3. The van der Waals surface area contributed by atoms with Crippen molar-refractivity contribution >= 4 is 0 Å². The lowest BCUT2D eigenvalue weighted by atomic mass is 9.90. The number of hydrogen-bond acceptors (Lipinski definition) is 1. The van der Waals surface area contributed by atoms with Crippen molar-refractivity contribution < 1.29 is 4.74 Å². The Morgan fingerprint density at radius 3 is 1.17 bits per heavy atom. The molecule has 29 heavy (non-hydrogen) atoms. The van der Waals surface area contributed by atoms with E-state index in [1.54, 1.807) is 11.1 Å². The summed E-state index contributed by atoms with van der Waals surface area (Å²) in [7, 11) is 0. The molecule has 0 aromatic carbocycles. The van der Waals surface area contributed by atoms with Gasteiger partial charge in [-0.3, -0.25) is 0 Å². The van der Waals surface area contributed by atoms with E-state index in [9.17, 15) is 0 Å². The first kappa shape index (κ1) is 28.4. The van der Waals surface area contributed by atoms with Gasteiger partial charge in [-0.05, 0) is 50.4 Å². The van der Waals surface area contributed by atoms with E-state index >= 15 is 0 Å². The summed E-state index contributed by atoms with van der Waals surface area (Å²) in [5.41, 5.74) is 3.19. The second kappa shape index (κ2) is 18.2. The average Bonchev–Trinajstić information content (AvgIpc) is 2.74. The number of ether oxygens (including phenoxy) is 1. The maximum absolute atomic E-state index is 7.01. The minimum atomic E-state index is 0.253. The van der Waals surface area contributed by atoms with E-state index in [4.69, 9.17) is 4.74 Å². The molecular formula is C28H54O.